The number of nitrogens with zero attached hydrogens (tertiary/aromatic N) is 4. The van der Waals surface area contributed by atoms with Gasteiger partial charge in [0.25, 0.3) is 5.91 Å². The largest absolute Gasteiger partial charge is 0.379 e. The Morgan fingerprint density at radius 3 is 2.45 bits per heavy atom. The van der Waals surface area contributed by atoms with Gasteiger partial charge in [0.1, 0.15) is 14.8 Å². The number of morpholine rings is 1. The van der Waals surface area contributed by atoms with Crippen molar-refractivity contribution in [2.24, 2.45) is 7.05 Å². The Morgan fingerprint density at radius 1 is 1.24 bits per heavy atom. The van der Waals surface area contributed by atoms with Crippen LogP contribution < -0.4 is 0 Å². The molecular weight excluding hydrogens is 412 g/mol. The summed E-state index contributed by atoms with van der Waals surface area (Å²) in [5.41, 5.74) is 2.01. The number of aromatic nitrogens is 2. The highest BCUT2D eigenvalue weighted by Gasteiger charge is 2.31. The topological polar surface area (TPSA) is 84.7 Å². The lowest BCUT2D eigenvalue weighted by molar-refractivity contribution is 0.0730. The molecule has 0 aromatic carbocycles. The Balaban J connectivity index is 2.00. The fraction of sp³-hybridized carbons (Fsp3) is 0.579. The van der Waals surface area contributed by atoms with Gasteiger partial charge in [0.15, 0.2) is 0 Å². The van der Waals surface area contributed by atoms with E-state index in [4.69, 9.17) is 4.74 Å². The zero-order chi connectivity index (χ0) is 21.3. The second-order valence-corrected chi connectivity index (χ2v) is 9.87. The number of carbonyl (C=O) groups is 1. The minimum Gasteiger partial charge on any atom is -0.379 e. The van der Waals surface area contributed by atoms with Crippen LogP contribution in [0.4, 0.5) is 0 Å². The van der Waals surface area contributed by atoms with E-state index in [0.29, 0.717) is 66.4 Å². The van der Waals surface area contributed by atoms with Crippen molar-refractivity contribution in [3.05, 3.63) is 22.3 Å². The zero-order valence-corrected chi connectivity index (χ0v) is 19.2. The number of sulfonamides is 1. The van der Waals surface area contributed by atoms with Gasteiger partial charge in [0.2, 0.25) is 10.0 Å². The second-order valence-electron chi connectivity index (χ2n) is 6.97. The molecule has 2 aromatic heterocycles. The summed E-state index contributed by atoms with van der Waals surface area (Å²) in [6.07, 6.45) is 0. The number of amides is 1. The third kappa shape index (κ3) is 3.98. The van der Waals surface area contributed by atoms with Crippen molar-refractivity contribution >= 4 is 27.3 Å². The highest BCUT2D eigenvalue weighted by Crippen LogP contribution is 2.34. The normalized spacial score (nSPS) is 15.6. The lowest BCUT2D eigenvalue weighted by Gasteiger charge is -2.25. The van der Waals surface area contributed by atoms with Crippen molar-refractivity contribution < 1.29 is 17.9 Å². The van der Waals surface area contributed by atoms with E-state index in [1.165, 1.54) is 15.6 Å². The fourth-order valence-electron chi connectivity index (χ4n) is 3.42. The summed E-state index contributed by atoms with van der Waals surface area (Å²) < 4.78 is 34.8. The lowest BCUT2D eigenvalue weighted by Crippen LogP contribution is -2.40. The highest BCUT2D eigenvalue weighted by atomic mass is 32.2. The van der Waals surface area contributed by atoms with Crippen LogP contribution in [0.25, 0.3) is 10.7 Å². The van der Waals surface area contributed by atoms with Crippen LogP contribution in [0.3, 0.4) is 0 Å². The van der Waals surface area contributed by atoms with E-state index < -0.39 is 10.0 Å². The van der Waals surface area contributed by atoms with E-state index >= 15 is 0 Å². The van der Waals surface area contributed by atoms with Crippen LogP contribution in [0.1, 0.15) is 34.9 Å². The quantitative estimate of drug-likeness (QED) is 0.688. The maximum Gasteiger partial charge on any atom is 0.265 e. The third-order valence-electron chi connectivity index (χ3n) is 5.34. The standard InChI is InChI=1S/C19H28N4O4S2/c1-6-22(7-2)19(24)17-13(3)20-18(28-17)15-12-16(14(4)21(15)5)29(25,26)23-8-10-27-11-9-23/h12H,6-11H2,1-5H3. The average Bonchev–Trinajstić information content (AvgIpc) is 3.24. The molecule has 0 atom stereocenters. The summed E-state index contributed by atoms with van der Waals surface area (Å²) >= 11 is 1.31. The minimum atomic E-state index is -3.61. The molecule has 0 N–H and O–H groups in total. The first-order valence-corrected chi connectivity index (χ1v) is 12.0. The fourth-order valence-corrected chi connectivity index (χ4v) is 6.19. The van der Waals surface area contributed by atoms with Crippen molar-refractivity contribution in [2.75, 3.05) is 39.4 Å². The molecule has 1 aliphatic heterocycles. The Kier molecular flexibility index (Phi) is 6.47. The molecule has 1 saturated heterocycles. The van der Waals surface area contributed by atoms with E-state index in [-0.39, 0.29) is 10.8 Å². The monoisotopic (exact) mass is 440 g/mol. The Labute approximate surface area is 176 Å². The predicted molar refractivity (Wildman–Crippen MR) is 113 cm³/mol. The van der Waals surface area contributed by atoms with Gasteiger partial charge in [-0.2, -0.15) is 4.31 Å². The van der Waals surface area contributed by atoms with Gasteiger partial charge >= 0.3 is 0 Å². The average molecular weight is 441 g/mol. The van der Waals surface area contributed by atoms with Gasteiger partial charge in [-0.3, -0.25) is 4.79 Å². The van der Waals surface area contributed by atoms with Crippen molar-refractivity contribution in [2.45, 2.75) is 32.6 Å². The predicted octanol–water partition coefficient (Wildman–Crippen LogP) is 2.27. The molecule has 0 unspecified atom stereocenters. The molecule has 1 fully saturated rings. The van der Waals surface area contributed by atoms with Crippen LogP contribution in [0.5, 0.6) is 0 Å². The molecule has 0 bridgehead atoms. The molecule has 8 nitrogen and oxygen atoms in total. The summed E-state index contributed by atoms with van der Waals surface area (Å²) in [5, 5.41) is 0.645. The summed E-state index contributed by atoms with van der Waals surface area (Å²) in [6.45, 7) is 10.3. The Hall–Kier alpha value is -1.75. The van der Waals surface area contributed by atoms with E-state index in [9.17, 15) is 13.2 Å². The van der Waals surface area contributed by atoms with Crippen molar-refractivity contribution in [1.82, 2.24) is 18.8 Å². The van der Waals surface area contributed by atoms with Crippen LogP contribution in [0.2, 0.25) is 0 Å². The number of ether oxygens (including phenoxy) is 1. The molecular formula is C19H28N4O4S2. The SMILES string of the molecule is CCN(CC)C(=O)c1sc(-c2cc(S(=O)(=O)N3CCOCC3)c(C)n2C)nc1C. The first-order valence-electron chi connectivity index (χ1n) is 9.73. The van der Waals surface area contributed by atoms with E-state index in [1.54, 1.807) is 17.9 Å². The molecule has 3 rings (SSSR count). The van der Waals surface area contributed by atoms with Gasteiger partial charge in [-0.05, 0) is 33.8 Å². The van der Waals surface area contributed by atoms with Gasteiger partial charge in [-0.25, -0.2) is 13.4 Å². The molecule has 160 valence electrons. The van der Waals surface area contributed by atoms with E-state index in [2.05, 4.69) is 4.98 Å². The summed E-state index contributed by atoms with van der Waals surface area (Å²) in [6, 6.07) is 1.67. The van der Waals surface area contributed by atoms with Crippen LogP contribution in [-0.4, -0.2) is 72.5 Å². The number of aryl methyl sites for hydroxylation is 1. The van der Waals surface area contributed by atoms with E-state index in [0.717, 1.165) is 0 Å². The Bertz CT molecular complexity index is 1000. The molecule has 1 amide bonds. The number of carbonyl (C=O) groups excluding carboxylic acids is 1. The second kappa shape index (κ2) is 8.55. The molecule has 29 heavy (non-hydrogen) atoms. The number of rotatable bonds is 6. The van der Waals surface area contributed by atoms with Gasteiger partial charge in [-0.15, -0.1) is 11.3 Å². The third-order valence-corrected chi connectivity index (χ3v) is 8.52. The van der Waals surface area contributed by atoms with Crippen LogP contribution >= 0.6 is 11.3 Å². The highest BCUT2D eigenvalue weighted by molar-refractivity contribution is 7.89. The molecule has 0 aliphatic carbocycles. The van der Waals surface area contributed by atoms with Gasteiger partial charge in [0.05, 0.1) is 24.6 Å². The van der Waals surface area contributed by atoms with Crippen LogP contribution in [0.15, 0.2) is 11.0 Å². The van der Waals surface area contributed by atoms with Gasteiger partial charge < -0.3 is 14.2 Å². The molecule has 0 saturated carbocycles. The number of hydrogen-bond donors (Lipinski definition) is 0. The Morgan fingerprint density at radius 2 is 1.86 bits per heavy atom. The number of hydrogen-bond acceptors (Lipinski definition) is 6. The van der Waals surface area contributed by atoms with Crippen LogP contribution in [-0.2, 0) is 21.8 Å². The minimum absolute atomic E-state index is 0.0386. The maximum absolute atomic E-state index is 13.1. The van der Waals surface area contributed by atoms with Gasteiger partial charge in [0, 0.05) is 38.9 Å². The zero-order valence-electron chi connectivity index (χ0n) is 17.6. The molecule has 0 radical (unpaired) electrons. The molecule has 1 aliphatic rings. The first-order chi connectivity index (χ1) is 13.7. The summed E-state index contributed by atoms with van der Waals surface area (Å²) in [4.78, 5) is 20.0. The maximum atomic E-state index is 13.1. The lowest BCUT2D eigenvalue weighted by atomic mass is 10.3. The van der Waals surface area contributed by atoms with E-state index in [1.807, 2.05) is 32.4 Å². The number of thiazole rings is 1. The van der Waals surface area contributed by atoms with Gasteiger partial charge in [-0.1, -0.05) is 0 Å². The van der Waals surface area contributed by atoms with Crippen molar-refractivity contribution in [1.29, 1.82) is 0 Å². The van der Waals surface area contributed by atoms with Crippen molar-refractivity contribution in [3.63, 3.8) is 0 Å². The molecule has 3 heterocycles. The van der Waals surface area contributed by atoms with Crippen molar-refractivity contribution in [3.8, 4) is 10.7 Å². The smallest absolute Gasteiger partial charge is 0.265 e. The molecule has 10 heteroatoms. The van der Waals surface area contributed by atoms with Crippen LogP contribution in [0, 0.1) is 13.8 Å². The molecule has 0 spiro atoms. The molecule has 2 aromatic rings. The summed E-state index contributed by atoms with van der Waals surface area (Å²) in [5.74, 6) is -0.0386. The first kappa shape index (κ1) is 21.9. The summed E-state index contributed by atoms with van der Waals surface area (Å²) in [7, 11) is -1.78.